The first-order valence-corrected chi connectivity index (χ1v) is 9.20. The quantitative estimate of drug-likeness (QED) is 0.668. The molecule has 3 aromatic rings. The van der Waals surface area contributed by atoms with E-state index in [1.54, 1.807) is 30.3 Å². The number of amides is 1. The van der Waals surface area contributed by atoms with E-state index in [2.05, 4.69) is 10.3 Å². The molecule has 27 heavy (non-hydrogen) atoms. The van der Waals surface area contributed by atoms with Crippen LogP contribution in [0.5, 0.6) is 11.5 Å². The maximum absolute atomic E-state index is 13.0. The Labute approximate surface area is 160 Å². The lowest BCUT2D eigenvalue weighted by molar-refractivity contribution is 0.0948. The van der Waals surface area contributed by atoms with Crippen molar-refractivity contribution in [1.29, 1.82) is 0 Å². The van der Waals surface area contributed by atoms with E-state index in [1.807, 2.05) is 5.38 Å². The molecule has 2 aromatic carbocycles. The second-order valence-corrected chi connectivity index (χ2v) is 6.55. The van der Waals surface area contributed by atoms with Gasteiger partial charge >= 0.3 is 0 Å². The zero-order valence-corrected chi connectivity index (χ0v) is 15.8. The summed E-state index contributed by atoms with van der Waals surface area (Å²) in [6, 6.07) is 11.4. The molecule has 3 rings (SSSR count). The van der Waals surface area contributed by atoms with Gasteiger partial charge in [-0.3, -0.25) is 4.79 Å². The molecule has 0 saturated carbocycles. The lowest BCUT2D eigenvalue weighted by Gasteiger charge is -2.12. The van der Waals surface area contributed by atoms with E-state index in [0.717, 1.165) is 16.3 Å². The number of aromatic nitrogens is 1. The maximum Gasteiger partial charge on any atom is 0.258 e. The van der Waals surface area contributed by atoms with Gasteiger partial charge in [-0.15, -0.1) is 11.3 Å². The molecule has 0 unspecified atom stereocenters. The number of hydrogen-bond acceptors (Lipinski definition) is 5. The molecule has 0 bridgehead atoms. The molecular formula is C20H19FN2O3S. The van der Waals surface area contributed by atoms with Crippen molar-refractivity contribution >= 4 is 17.2 Å². The fourth-order valence-corrected chi connectivity index (χ4v) is 3.47. The van der Waals surface area contributed by atoms with Gasteiger partial charge in [-0.1, -0.05) is 6.07 Å². The Kier molecular flexibility index (Phi) is 6.03. The average Bonchev–Trinajstić information content (AvgIpc) is 3.16. The number of benzene rings is 2. The zero-order valence-electron chi connectivity index (χ0n) is 15.0. The highest BCUT2D eigenvalue weighted by Crippen LogP contribution is 2.28. The molecule has 140 valence electrons. The van der Waals surface area contributed by atoms with Crippen LogP contribution >= 0.6 is 11.3 Å². The SMILES string of the molecule is COc1cccc(OC)c1C(=O)NCCc1csc(-c2ccc(F)cc2)n1. The van der Waals surface area contributed by atoms with Gasteiger partial charge in [0.25, 0.3) is 5.91 Å². The number of ether oxygens (including phenoxy) is 2. The van der Waals surface area contributed by atoms with Crippen LogP contribution in [-0.2, 0) is 6.42 Å². The van der Waals surface area contributed by atoms with Gasteiger partial charge in [0, 0.05) is 23.9 Å². The minimum atomic E-state index is -0.273. The van der Waals surface area contributed by atoms with Gasteiger partial charge in [0.2, 0.25) is 0 Å². The normalized spacial score (nSPS) is 10.5. The van der Waals surface area contributed by atoms with Crippen LogP contribution < -0.4 is 14.8 Å². The molecule has 1 amide bonds. The Morgan fingerprint density at radius 3 is 2.41 bits per heavy atom. The molecule has 1 aromatic heterocycles. The molecule has 0 aliphatic carbocycles. The standard InChI is InChI=1S/C20H19FN2O3S/c1-25-16-4-3-5-17(26-2)18(16)19(24)22-11-10-15-12-27-20(23-15)13-6-8-14(21)9-7-13/h3-9,12H,10-11H2,1-2H3,(H,22,24). The van der Waals surface area contributed by atoms with Gasteiger partial charge in [0.15, 0.2) is 0 Å². The molecule has 0 aliphatic heterocycles. The first kappa shape index (κ1) is 18.8. The highest BCUT2D eigenvalue weighted by atomic mass is 32.1. The molecule has 1 N–H and O–H groups in total. The van der Waals surface area contributed by atoms with Crippen molar-refractivity contribution in [1.82, 2.24) is 10.3 Å². The second-order valence-electron chi connectivity index (χ2n) is 5.69. The molecule has 0 aliphatic rings. The van der Waals surface area contributed by atoms with Crippen LogP contribution in [0.2, 0.25) is 0 Å². The van der Waals surface area contributed by atoms with Crippen molar-refractivity contribution < 1.29 is 18.7 Å². The van der Waals surface area contributed by atoms with E-state index in [0.29, 0.717) is 30.0 Å². The number of hydrogen-bond donors (Lipinski definition) is 1. The summed E-state index contributed by atoms with van der Waals surface area (Å²) in [5.41, 5.74) is 2.11. The first-order valence-electron chi connectivity index (χ1n) is 8.32. The van der Waals surface area contributed by atoms with Gasteiger partial charge in [-0.25, -0.2) is 9.37 Å². The third kappa shape index (κ3) is 4.43. The summed E-state index contributed by atoms with van der Waals surface area (Å²) in [6.45, 7) is 0.423. The van der Waals surface area contributed by atoms with E-state index in [-0.39, 0.29) is 11.7 Å². The Morgan fingerprint density at radius 1 is 1.11 bits per heavy atom. The molecule has 0 atom stereocenters. The first-order chi connectivity index (χ1) is 13.1. The average molecular weight is 386 g/mol. The molecule has 0 fully saturated rings. The van der Waals surface area contributed by atoms with Crippen LogP contribution in [0.15, 0.2) is 47.8 Å². The minimum Gasteiger partial charge on any atom is -0.496 e. The van der Waals surface area contributed by atoms with Crippen LogP contribution in [0.4, 0.5) is 4.39 Å². The highest BCUT2D eigenvalue weighted by molar-refractivity contribution is 7.13. The van der Waals surface area contributed by atoms with Crippen molar-refractivity contribution in [2.24, 2.45) is 0 Å². The smallest absolute Gasteiger partial charge is 0.258 e. The van der Waals surface area contributed by atoms with Crippen LogP contribution in [0.1, 0.15) is 16.1 Å². The summed E-state index contributed by atoms with van der Waals surface area (Å²) < 4.78 is 23.5. The number of nitrogens with zero attached hydrogens (tertiary/aromatic N) is 1. The molecule has 0 saturated heterocycles. The predicted molar refractivity (Wildman–Crippen MR) is 103 cm³/mol. The van der Waals surface area contributed by atoms with E-state index in [1.165, 1.54) is 37.7 Å². The van der Waals surface area contributed by atoms with E-state index in [9.17, 15) is 9.18 Å². The van der Waals surface area contributed by atoms with Crippen LogP contribution in [0, 0.1) is 5.82 Å². The number of methoxy groups -OCH3 is 2. The largest absolute Gasteiger partial charge is 0.496 e. The third-order valence-electron chi connectivity index (χ3n) is 3.96. The topological polar surface area (TPSA) is 60.5 Å². The number of nitrogens with one attached hydrogen (secondary N) is 1. The monoisotopic (exact) mass is 386 g/mol. The van der Waals surface area contributed by atoms with E-state index < -0.39 is 0 Å². The fraction of sp³-hybridized carbons (Fsp3) is 0.200. The van der Waals surface area contributed by atoms with Gasteiger partial charge < -0.3 is 14.8 Å². The third-order valence-corrected chi connectivity index (χ3v) is 4.90. The van der Waals surface area contributed by atoms with E-state index >= 15 is 0 Å². The predicted octanol–water partition coefficient (Wildman–Crippen LogP) is 3.94. The lowest BCUT2D eigenvalue weighted by Crippen LogP contribution is -2.26. The van der Waals surface area contributed by atoms with Crippen molar-refractivity contribution in [3.05, 3.63) is 64.9 Å². The molecule has 7 heteroatoms. The van der Waals surface area contributed by atoms with Crippen molar-refractivity contribution in [3.63, 3.8) is 0 Å². The maximum atomic E-state index is 13.0. The highest BCUT2D eigenvalue weighted by Gasteiger charge is 2.17. The summed E-state index contributed by atoms with van der Waals surface area (Å²) in [4.78, 5) is 17.1. The summed E-state index contributed by atoms with van der Waals surface area (Å²) >= 11 is 1.49. The van der Waals surface area contributed by atoms with Crippen molar-refractivity contribution in [2.75, 3.05) is 20.8 Å². The summed E-state index contributed by atoms with van der Waals surface area (Å²) in [7, 11) is 3.02. The number of carbonyl (C=O) groups excluding carboxylic acids is 1. The van der Waals surface area contributed by atoms with Crippen LogP contribution in [0.3, 0.4) is 0 Å². The van der Waals surface area contributed by atoms with Crippen LogP contribution in [-0.4, -0.2) is 31.7 Å². The second kappa shape index (κ2) is 8.64. The van der Waals surface area contributed by atoms with Crippen molar-refractivity contribution in [2.45, 2.75) is 6.42 Å². The molecule has 0 spiro atoms. The number of halogens is 1. The van der Waals surface area contributed by atoms with Gasteiger partial charge in [-0.05, 0) is 36.4 Å². The summed E-state index contributed by atoms with van der Waals surface area (Å²) in [6.07, 6.45) is 0.584. The number of rotatable bonds is 7. The van der Waals surface area contributed by atoms with Crippen LogP contribution in [0.25, 0.3) is 10.6 Å². The van der Waals surface area contributed by atoms with Gasteiger partial charge in [0.05, 0.1) is 19.9 Å². The van der Waals surface area contributed by atoms with Gasteiger partial charge in [-0.2, -0.15) is 0 Å². The Balaban J connectivity index is 1.62. The number of thiazole rings is 1. The molecule has 5 nitrogen and oxygen atoms in total. The Hall–Kier alpha value is -2.93. The fourth-order valence-electron chi connectivity index (χ4n) is 2.61. The zero-order chi connectivity index (χ0) is 19.2. The molecule has 0 radical (unpaired) electrons. The number of carbonyl (C=O) groups is 1. The summed E-state index contributed by atoms with van der Waals surface area (Å²) in [5.74, 6) is 0.376. The molecule has 1 heterocycles. The van der Waals surface area contributed by atoms with Crippen molar-refractivity contribution in [3.8, 4) is 22.1 Å². The summed E-state index contributed by atoms with van der Waals surface area (Å²) in [5, 5.41) is 5.63. The minimum absolute atomic E-state index is 0.265. The Bertz CT molecular complexity index is 903. The Morgan fingerprint density at radius 2 is 1.78 bits per heavy atom. The van der Waals surface area contributed by atoms with Gasteiger partial charge in [0.1, 0.15) is 27.9 Å². The van der Waals surface area contributed by atoms with E-state index in [4.69, 9.17) is 9.47 Å². The lowest BCUT2D eigenvalue weighted by atomic mass is 10.1. The molecular weight excluding hydrogens is 367 g/mol.